The molecule has 0 aromatic heterocycles. The van der Waals surface area contributed by atoms with Crippen molar-refractivity contribution in [3.8, 4) is 0 Å². The summed E-state index contributed by atoms with van der Waals surface area (Å²) in [5.41, 5.74) is 1.62. The SMILES string of the molecule is CC1=CCC2CN(C)CC2CC1. The van der Waals surface area contributed by atoms with Gasteiger partial charge in [-0.15, -0.1) is 0 Å². The van der Waals surface area contributed by atoms with E-state index in [0.29, 0.717) is 0 Å². The number of rotatable bonds is 0. The molecular formula is C11H19N. The first kappa shape index (κ1) is 8.31. The number of fused-ring (bicyclic) bond motifs is 1. The Balaban J connectivity index is 2.03. The first-order valence-electron chi connectivity index (χ1n) is 5.10. The van der Waals surface area contributed by atoms with Gasteiger partial charge in [0.2, 0.25) is 0 Å². The Hall–Kier alpha value is -0.300. The van der Waals surface area contributed by atoms with Crippen LogP contribution >= 0.6 is 0 Å². The first-order valence-corrected chi connectivity index (χ1v) is 5.10. The highest BCUT2D eigenvalue weighted by Gasteiger charge is 2.30. The van der Waals surface area contributed by atoms with Crippen LogP contribution in [0.15, 0.2) is 11.6 Å². The highest BCUT2D eigenvalue weighted by molar-refractivity contribution is 5.04. The Morgan fingerprint density at radius 1 is 1.33 bits per heavy atom. The molecule has 0 spiro atoms. The van der Waals surface area contributed by atoms with Gasteiger partial charge in [0, 0.05) is 13.1 Å². The van der Waals surface area contributed by atoms with Crippen LogP contribution in [0.25, 0.3) is 0 Å². The lowest BCUT2D eigenvalue weighted by Gasteiger charge is -2.12. The Morgan fingerprint density at radius 3 is 2.92 bits per heavy atom. The predicted octanol–water partition coefficient (Wildman–Crippen LogP) is 2.29. The van der Waals surface area contributed by atoms with Crippen LogP contribution in [0.1, 0.15) is 26.2 Å². The Labute approximate surface area is 75.4 Å². The van der Waals surface area contributed by atoms with Gasteiger partial charge in [-0.3, -0.25) is 0 Å². The molecule has 12 heavy (non-hydrogen) atoms. The molecule has 0 aromatic rings. The van der Waals surface area contributed by atoms with Crippen molar-refractivity contribution in [1.29, 1.82) is 0 Å². The van der Waals surface area contributed by atoms with Crippen LogP contribution in [-0.4, -0.2) is 25.0 Å². The third-order valence-corrected chi connectivity index (χ3v) is 3.44. The Bertz CT molecular complexity index is 195. The van der Waals surface area contributed by atoms with Gasteiger partial charge in [-0.1, -0.05) is 11.6 Å². The summed E-state index contributed by atoms with van der Waals surface area (Å²) in [5, 5.41) is 0. The van der Waals surface area contributed by atoms with Crippen molar-refractivity contribution in [3.05, 3.63) is 11.6 Å². The van der Waals surface area contributed by atoms with Gasteiger partial charge in [-0.2, -0.15) is 0 Å². The van der Waals surface area contributed by atoms with Crippen molar-refractivity contribution in [2.75, 3.05) is 20.1 Å². The molecule has 0 aromatic carbocycles. The van der Waals surface area contributed by atoms with Crippen molar-refractivity contribution >= 4 is 0 Å². The molecule has 1 aliphatic heterocycles. The third-order valence-electron chi connectivity index (χ3n) is 3.44. The molecule has 1 nitrogen and oxygen atoms in total. The summed E-state index contributed by atoms with van der Waals surface area (Å²) in [6, 6.07) is 0. The minimum Gasteiger partial charge on any atom is -0.306 e. The minimum absolute atomic E-state index is 0.965. The molecule has 0 radical (unpaired) electrons. The van der Waals surface area contributed by atoms with Gasteiger partial charge in [0.15, 0.2) is 0 Å². The molecule has 1 aliphatic carbocycles. The number of nitrogens with zero attached hydrogens (tertiary/aromatic N) is 1. The average Bonchev–Trinajstić information content (AvgIpc) is 2.31. The van der Waals surface area contributed by atoms with Gasteiger partial charge in [-0.25, -0.2) is 0 Å². The van der Waals surface area contributed by atoms with Gasteiger partial charge in [-0.05, 0) is 45.1 Å². The summed E-state index contributed by atoms with van der Waals surface area (Å²) < 4.78 is 0. The zero-order chi connectivity index (χ0) is 8.55. The summed E-state index contributed by atoms with van der Waals surface area (Å²) in [4.78, 5) is 2.49. The zero-order valence-electron chi connectivity index (χ0n) is 8.21. The highest BCUT2D eigenvalue weighted by Crippen LogP contribution is 2.33. The summed E-state index contributed by atoms with van der Waals surface area (Å²) in [5.74, 6) is 1.95. The molecule has 2 rings (SSSR count). The molecule has 2 aliphatic rings. The fraction of sp³-hybridized carbons (Fsp3) is 0.818. The van der Waals surface area contributed by atoms with E-state index in [4.69, 9.17) is 0 Å². The normalized spacial score (nSPS) is 37.3. The molecule has 2 atom stereocenters. The van der Waals surface area contributed by atoms with E-state index < -0.39 is 0 Å². The maximum atomic E-state index is 2.49. The number of hydrogen-bond donors (Lipinski definition) is 0. The topological polar surface area (TPSA) is 3.24 Å². The fourth-order valence-electron chi connectivity index (χ4n) is 2.64. The maximum absolute atomic E-state index is 2.49. The predicted molar refractivity (Wildman–Crippen MR) is 52.1 cm³/mol. The molecule has 0 N–H and O–H groups in total. The van der Waals surface area contributed by atoms with E-state index in [0.717, 1.165) is 11.8 Å². The molecule has 2 unspecified atom stereocenters. The second-order valence-electron chi connectivity index (χ2n) is 4.57. The van der Waals surface area contributed by atoms with E-state index in [1.807, 2.05) is 0 Å². The second-order valence-corrected chi connectivity index (χ2v) is 4.57. The van der Waals surface area contributed by atoms with Crippen molar-refractivity contribution in [1.82, 2.24) is 4.90 Å². The van der Waals surface area contributed by atoms with E-state index >= 15 is 0 Å². The van der Waals surface area contributed by atoms with Crippen LogP contribution in [-0.2, 0) is 0 Å². The van der Waals surface area contributed by atoms with Crippen LogP contribution in [0.5, 0.6) is 0 Å². The lowest BCUT2D eigenvalue weighted by atomic mass is 9.91. The Morgan fingerprint density at radius 2 is 2.08 bits per heavy atom. The summed E-state index contributed by atoms with van der Waals surface area (Å²) >= 11 is 0. The lowest BCUT2D eigenvalue weighted by Crippen LogP contribution is -2.14. The quantitative estimate of drug-likeness (QED) is 0.498. The molecule has 1 heteroatoms. The monoisotopic (exact) mass is 165 g/mol. The van der Waals surface area contributed by atoms with Crippen LogP contribution in [0.3, 0.4) is 0 Å². The molecule has 1 saturated heterocycles. The summed E-state index contributed by atoms with van der Waals surface area (Å²) in [6.07, 6.45) is 6.57. The molecule has 0 amide bonds. The average molecular weight is 165 g/mol. The fourth-order valence-corrected chi connectivity index (χ4v) is 2.64. The van der Waals surface area contributed by atoms with Gasteiger partial charge in [0.25, 0.3) is 0 Å². The smallest absolute Gasteiger partial charge is 0.00128 e. The number of hydrogen-bond acceptors (Lipinski definition) is 1. The van der Waals surface area contributed by atoms with E-state index in [-0.39, 0.29) is 0 Å². The number of allylic oxidation sites excluding steroid dienone is 2. The summed E-state index contributed by atoms with van der Waals surface area (Å²) in [6.45, 7) is 4.95. The van der Waals surface area contributed by atoms with Crippen molar-refractivity contribution in [2.45, 2.75) is 26.2 Å². The second kappa shape index (κ2) is 3.21. The van der Waals surface area contributed by atoms with Gasteiger partial charge < -0.3 is 4.90 Å². The largest absolute Gasteiger partial charge is 0.306 e. The van der Waals surface area contributed by atoms with Gasteiger partial charge in [0.05, 0.1) is 0 Å². The molecule has 1 fully saturated rings. The van der Waals surface area contributed by atoms with E-state index in [9.17, 15) is 0 Å². The molecular weight excluding hydrogens is 146 g/mol. The van der Waals surface area contributed by atoms with E-state index in [1.54, 1.807) is 5.57 Å². The third kappa shape index (κ3) is 1.56. The molecule has 0 bridgehead atoms. The van der Waals surface area contributed by atoms with Gasteiger partial charge in [0.1, 0.15) is 0 Å². The maximum Gasteiger partial charge on any atom is 0.00128 e. The zero-order valence-corrected chi connectivity index (χ0v) is 8.21. The molecule has 1 heterocycles. The Kier molecular flexibility index (Phi) is 2.22. The molecule has 0 saturated carbocycles. The van der Waals surface area contributed by atoms with Crippen LogP contribution in [0.2, 0.25) is 0 Å². The van der Waals surface area contributed by atoms with E-state index in [2.05, 4.69) is 24.9 Å². The highest BCUT2D eigenvalue weighted by atomic mass is 15.1. The van der Waals surface area contributed by atoms with Crippen molar-refractivity contribution < 1.29 is 0 Å². The molecule has 68 valence electrons. The number of likely N-dealkylation sites (tertiary alicyclic amines) is 1. The summed E-state index contributed by atoms with van der Waals surface area (Å²) in [7, 11) is 2.26. The standard InChI is InChI=1S/C11H19N/c1-9-3-5-10-7-12(2)8-11(10)6-4-9/h3,10-11H,4-8H2,1-2H3. The first-order chi connectivity index (χ1) is 5.75. The lowest BCUT2D eigenvalue weighted by molar-refractivity contribution is 0.388. The van der Waals surface area contributed by atoms with Crippen molar-refractivity contribution in [2.24, 2.45) is 11.8 Å². The minimum atomic E-state index is 0.965. The van der Waals surface area contributed by atoms with E-state index in [1.165, 1.54) is 32.4 Å². The van der Waals surface area contributed by atoms with Crippen LogP contribution < -0.4 is 0 Å². The van der Waals surface area contributed by atoms with Crippen LogP contribution in [0.4, 0.5) is 0 Å². The van der Waals surface area contributed by atoms with Gasteiger partial charge >= 0.3 is 0 Å². The van der Waals surface area contributed by atoms with Crippen molar-refractivity contribution in [3.63, 3.8) is 0 Å². The van der Waals surface area contributed by atoms with Crippen LogP contribution in [0, 0.1) is 11.8 Å².